The molecule has 0 N–H and O–H groups in total. The number of carbonyl (C=O) groups excluding carboxylic acids is 1. The lowest BCUT2D eigenvalue weighted by Gasteiger charge is -2.25. The van der Waals surface area contributed by atoms with Crippen LogP contribution in [0.5, 0.6) is 0 Å². The Hall–Kier alpha value is -2.51. The first-order valence-corrected chi connectivity index (χ1v) is 10.9. The topological polar surface area (TPSA) is 64.4 Å². The third kappa shape index (κ3) is 4.57. The van der Waals surface area contributed by atoms with Crippen molar-refractivity contribution in [3.05, 3.63) is 62.8 Å². The van der Waals surface area contributed by atoms with E-state index in [4.69, 9.17) is 4.74 Å². The van der Waals surface area contributed by atoms with E-state index in [0.29, 0.717) is 25.0 Å². The molecule has 152 valence electrons. The molecule has 1 aliphatic heterocycles. The fourth-order valence-corrected chi connectivity index (χ4v) is 4.47. The van der Waals surface area contributed by atoms with Crippen molar-refractivity contribution in [1.82, 2.24) is 14.5 Å². The zero-order valence-electron chi connectivity index (χ0n) is 16.5. The lowest BCUT2D eigenvalue weighted by Crippen LogP contribution is -2.37. The van der Waals surface area contributed by atoms with E-state index in [0.717, 1.165) is 35.4 Å². The molecular formula is C22H25N3O3S. The number of benzene rings is 1. The van der Waals surface area contributed by atoms with Crippen LogP contribution in [0.2, 0.25) is 0 Å². The van der Waals surface area contributed by atoms with Crippen molar-refractivity contribution in [2.75, 3.05) is 13.2 Å². The van der Waals surface area contributed by atoms with Gasteiger partial charge in [-0.2, -0.15) is 0 Å². The van der Waals surface area contributed by atoms with Crippen LogP contribution < -0.4 is 5.56 Å². The normalized spacial score (nSPS) is 16.4. The molecule has 1 unspecified atom stereocenters. The second kappa shape index (κ2) is 8.88. The fraction of sp³-hybridized carbons (Fsp3) is 0.409. The van der Waals surface area contributed by atoms with E-state index < -0.39 is 0 Å². The van der Waals surface area contributed by atoms with Crippen molar-refractivity contribution < 1.29 is 9.53 Å². The summed E-state index contributed by atoms with van der Waals surface area (Å²) in [7, 11) is 0. The number of fused-ring (bicyclic) bond motifs is 1. The van der Waals surface area contributed by atoms with Gasteiger partial charge in [0, 0.05) is 31.0 Å². The Morgan fingerprint density at radius 3 is 3.00 bits per heavy atom. The first-order valence-electron chi connectivity index (χ1n) is 9.98. The third-order valence-corrected chi connectivity index (χ3v) is 6.21. The predicted molar refractivity (Wildman–Crippen MR) is 114 cm³/mol. The highest BCUT2D eigenvalue weighted by Gasteiger charge is 2.23. The van der Waals surface area contributed by atoms with Crippen LogP contribution in [0.15, 0.2) is 46.8 Å². The first kappa shape index (κ1) is 19.8. The summed E-state index contributed by atoms with van der Waals surface area (Å²) >= 11 is 1.65. The summed E-state index contributed by atoms with van der Waals surface area (Å²) in [6.07, 6.45) is 3.95. The van der Waals surface area contributed by atoms with Crippen LogP contribution in [0.3, 0.4) is 0 Å². The molecule has 1 aromatic carbocycles. The number of carbonyl (C=O) groups is 1. The average molecular weight is 412 g/mol. The van der Waals surface area contributed by atoms with E-state index in [2.05, 4.69) is 4.98 Å². The number of para-hydroxylation sites is 1. The van der Waals surface area contributed by atoms with Gasteiger partial charge in [0.1, 0.15) is 0 Å². The molecule has 2 aromatic heterocycles. The van der Waals surface area contributed by atoms with Crippen molar-refractivity contribution in [1.29, 1.82) is 0 Å². The van der Waals surface area contributed by atoms with Gasteiger partial charge in [0.15, 0.2) is 0 Å². The van der Waals surface area contributed by atoms with E-state index in [1.54, 1.807) is 23.7 Å². The number of aromatic nitrogens is 2. The molecule has 3 aromatic rings. The Balaban J connectivity index is 1.47. The molecular weight excluding hydrogens is 386 g/mol. The smallest absolute Gasteiger partial charge is 0.261 e. The summed E-state index contributed by atoms with van der Waals surface area (Å²) in [6.45, 7) is 4.21. The van der Waals surface area contributed by atoms with Crippen LogP contribution >= 0.6 is 11.3 Å². The minimum absolute atomic E-state index is 0.0325. The highest BCUT2D eigenvalue weighted by molar-refractivity contribution is 7.09. The number of thiophene rings is 1. The average Bonchev–Trinajstić information content (AvgIpc) is 3.42. The molecule has 3 heterocycles. The van der Waals surface area contributed by atoms with E-state index in [1.165, 1.54) is 4.57 Å². The van der Waals surface area contributed by atoms with Crippen molar-refractivity contribution in [3.63, 3.8) is 0 Å². The maximum atomic E-state index is 13.0. The summed E-state index contributed by atoms with van der Waals surface area (Å²) in [5.41, 5.74) is 1.59. The first-order chi connectivity index (χ1) is 14.1. The predicted octanol–water partition coefficient (Wildman–Crippen LogP) is 3.36. The summed E-state index contributed by atoms with van der Waals surface area (Å²) in [6, 6.07) is 9.63. The Morgan fingerprint density at radius 2 is 2.24 bits per heavy atom. The van der Waals surface area contributed by atoms with Gasteiger partial charge in [0.2, 0.25) is 5.91 Å². The number of ether oxygens (including phenoxy) is 1. The Morgan fingerprint density at radius 1 is 1.34 bits per heavy atom. The van der Waals surface area contributed by atoms with Crippen LogP contribution in [0.25, 0.3) is 10.9 Å². The molecule has 0 saturated carbocycles. The standard InChI is InChI=1S/C22H25N3O3S/c1-16-5-2-8-19-21(16)23-15-24(22(19)27)10-9-20(26)25(13-17-6-3-11-28-17)14-18-7-4-12-29-18/h2,4-5,7-8,12,15,17H,3,6,9-11,13-14H2,1H3. The van der Waals surface area contributed by atoms with E-state index in [1.807, 2.05) is 41.5 Å². The quantitative estimate of drug-likeness (QED) is 0.598. The summed E-state index contributed by atoms with van der Waals surface area (Å²) < 4.78 is 7.28. The second-order valence-electron chi connectivity index (χ2n) is 7.45. The maximum absolute atomic E-state index is 13.0. The van der Waals surface area contributed by atoms with E-state index >= 15 is 0 Å². The summed E-state index contributed by atoms with van der Waals surface area (Å²) in [5, 5.41) is 2.61. The molecule has 0 aliphatic carbocycles. The van der Waals surface area contributed by atoms with Gasteiger partial charge in [-0.3, -0.25) is 14.2 Å². The van der Waals surface area contributed by atoms with Crippen molar-refractivity contribution >= 4 is 28.1 Å². The molecule has 1 aliphatic rings. The summed E-state index contributed by atoms with van der Waals surface area (Å²) in [5.74, 6) is 0.0325. The second-order valence-corrected chi connectivity index (χ2v) is 8.49. The Bertz CT molecular complexity index is 1040. The minimum atomic E-state index is -0.101. The highest BCUT2D eigenvalue weighted by atomic mass is 32.1. The van der Waals surface area contributed by atoms with Crippen molar-refractivity contribution in [2.24, 2.45) is 0 Å². The van der Waals surface area contributed by atoms with Gasteiger partial charge in [-0.25, -0.2) is 4.98 Å². The van der Waals surface area contributed by atoms with Crippen LogP contribution in [0, 0.1) is 6.92 Å². The van der Waals surface area contributed by atoms with Gasteiger partial charge < -0.3 is 9.64 Å². The molecule has 0 spiro atoms. The zero-order chi connectivity index (χ0) is 20.2. The Kier molecular flexibility index (Phi) is 6.06. The lowest BCUT2D eigenvalue weighted by molar-refractivity contribution is -0.133. The number of hydrogen-bond donors (Lipinski definition) is 0. The molecule has 0 radical (unpaired) electrons. The SMILES string of the molecule is Cc1cccc2c(=O)n(CCC(=O)N(Cc3cccs3)CC3CCCO3)cnc12. The maximum Gasteiger partial charge on any atom is 0.261 e. The van der Waals surface area contributed by atoms with Crippen molar-refractivity contribution in [3.8, 4) is 0 Å². The van der Waals surface area contributed by atoms with Crippen molar-refractivity contribution in [2.45, 2.75) is 45.4 Å². The van der Waals surface area contributed by atoms with Crippen LogP contribution in [0.1, 0.15) is 29.7 Å². The number of hydrogen-bond acceptors (Lipinski definition) is 5. The molecule has 29 heavy (non-hydrogen) atoms. The monoisotopic (exact) mass is 411 g/mol. The van der Waals surface area contributed by atoms with Gasteiger partial charge in [0.25, 0.3) is 5.56 Å². The summed E-state index contributed by atoms with van der Waals surface area (Å²) in [4.78, 5) is 33.2. The molecule has 4 rings (SSSR count). The molecule has 1 atom stereocenters. The van der Waals surface area contributed by atoms with Gasteiger partial charge in [-0.1, -0.05) is 18.2 Å². The zero-order valence-corrected chi connectivity index (χ0v) is 17.4. The van der Waals surface area contributed by atoms with E-state index in [-0.39, 0.29) is 24.0 Å². The number of aryl methyl sites for hydroxylation is 2. The van der Waals surface area contributed by atoms with Gasteiger partial charge in [-0.15, -0.1) is 11.3 Å². The van der Waals surface area contributed by atoms with Crippen LogP contribution in [-0.2, 0) is 22.6 Å². The van der Waals surface area contributed by atoms with Gasteiger partial charge in [0.05, 0.1) is 29.9 Å². The molecule has 1 amide bonds. The molecule has 6 nitrogen and oxygen atoms in total. The van der Waals surface area contributed by atoms with Crippen LogP contribution in [0.4, 0.5) is 0 Å². The lowest BCUT2D eigenvalue weighted by atomic mass is 10.1. The third-order valence-electron chi connectivity index (χ3n) is 5.35. The number of nitrogens with zero attached hydrogens (tertiary/aromatic N) is 3. The molecule has 1 saturated heterocycles. The minimum Gasteiger partial charge on any atom is -0.376 e. The molecule has 1 fully saturated rings. The number of rotatable bonds is 7. The molecule has 0 bridgehead atoms. The van der Waals surface area contributed by atoms with Gasteiger partial charge >= 0.3 is 0 Å². The van der Waals surface area contributed by atoms with Crippen LogP contribution in [-0.4, -0.2) is 39.6 Å². The molecule has 7 heteroatoms. The number of amides is 1. The fourth-order valence-electron chi connectivity index (χ4n) is 3.75. The highest BCUT2D eigenvalue weighted by Crippen LogP contribution is 2.18. The Labute approximate surface area is 173 Å². The van der Waals surface area contributed by atoms with E-state index in [9.17, 15) is 9.59 Å². The largest absolute Gasteiger partial charge is 0.376 e. The van der Waals surface area contributed by atoms with Gasteiger partial charge in [-0.05, 0) is 42.8 Å².